The van der Waals surface area contributed by atoms with E-state index < -0.39 is 0 Å². The Bertz CT molecular complexity index is 286. The highest BCUT2D eigenvalue weighted by Crippen LogP contribution is 2.11. The van der Waals surface area contributed by atoms with E-state index in [0.717, 1.165) is 10.2 Å². The molecule has 0 aliphatic rings. The first-order chi connectivity index (χ1) is 6.65. The maximum atomic E-state index is 11.6. The number of carbonyl (C=O) groups is 1. The van der Waals surface area contributed by atoms with Crippen molar-refractivity contribution in [3.8, 4) is 0 Å². The van der Waals surface area contributed by atoms with Gasteiger partial charge in [0.1, 0.15) is 0 Å². The lowest BCUT2D eigenvalue weighted by Crippen LogP contribution is -2.37. The molecule has 4 heteroatoms. The van der Waals surface area contributed by atoms with Crippen molar-refractivity contribution in [3.05, 3.63) is 22.4 Å². The summed E-state index contributed by atoms with van der Waals surface area (Å²) < 4.78 is 0. The van der Waals surface area contributed by atoms with Crippen LogP contribution in [0.4, 0.5) is 0 Å². The number of rotatable bonds is 4. The van der Waals surface area contributed by atoms with Gasteiger partial charge in [-0.1, -0.05) is 28.9 Å². The second-order valence-corrected chi connectivity index (χ2v) is 4.97. The molecule has 0 fully saturated rings. The Labute approximate surface area is 96.8 Å². The molecule has 0 aromatic carbocycles. The smallest absolute Gasteiger partial charge is 0.261 e. The first kappa shape index (κ1) is 11.7. The van der Waals surface area contributed by atoms with E-state index in [0.29, 0.717) is 5.92 Å². The highest BCUT2D eigenvalue weighted by atomic mass is 79.9. The minimum atomic E-state index is 0.0281. The lowest BCUT2D eigenvalue weighted by atomic mass is 10.1. The largest absolute Gasteiger partial charge is 0.349 e. The summed E-state index contributed by atoms with van der Waals surface area (Å²) in [5.41, 5.74) is 0. The van der Waals surface area contributed by atoms with Crippen molar-refractivity contribution in [1.82, 2.24) is 5.32 Å². The van der Waals surface area contributed by atoms with Crippen molar-refractivity contribution in [2.45, 2.75) is 19.9 Å². The summed E-state index contributed by atoms with van der Waals surface area (Å²) in [5.74, 6) is 0.471. The van der Waals surface area contributed by atoms with Crippen LogP contribution in [0, 0.1) is 5.92 Å². The number of alkyl halides is 1. The lowest BCUT2D eigenvalue weighted by molar-refractivity contribution is 0.0935. The Hall–Kier alpha value is -0.350. The molecule has 2 atom stereocenters. The van der Waals surface area contributed by atoms with Crippen molar-refractivity contribution in [3.63, 3.8) is 0 Å². The molecular weight excluding hydrogens is 262 g/mol. The molecule has 0 radical (unpaired) electrons. The van der Waals surface area contributed by atoms with Gasteiger partial charge in [-0.3, -0.25) is 4.79 Å². The molecule has 0 saturated carbocycles. The number of nitrogens with one attached hydrogen (secondary N) is 1. The van der Waals surface area contributed by atoms with Crippen LogP contribution in [0.1, 0.15) is 23.5 Å². The second-order valence-electron chi connectivity index (χ2n) is 3.37. The van der Waals surface area contributed by atoms with Crippen LogP contribution >= 0.6 is 27.3 Å². The molecule has 1 N–H and O–H groups in total. The summed E-state index contributed by atoms with van der Waals surface area (Å²) >= 11 is 4.87. The number of hydrogen-bond acceptors (Lipinski definition) is 2. The molecule has 0 aliphatic carbocycles. The predicted molar refractivity (Wildman–Crippen MR) is 64.2 cm³/mol. The van der Waals surface area contributed by atoms with Crippen molar-refractivity contribution in [2.24, 2.45) is 5.92 Å². The van der Waals surface area contributed by atoms with Crippen molar-refractivity contribution in [1.29, 1.82) is 0 Å². The molecule has 78 valence electrons. The van der Waals surface area contributed by atoms with Crippen LogP contribution in [0.2, 0.25) is 0 Å². The normalized spacial score (nSPS) is 14.8. The molecule has 2 nitrogen and oxygen atoms in total. The van der Waals surface area contributed by atoms with E-state index in [4.69, 9.17) is 0 Å². The number of amides is 1. The zero-order valence-electron chi connectivity index (χ0n) is 8.29. The molecule has 1 rings (SSSR count). The first-order valence-corrected chi connectivity index (χ1v) is 6.55. The molecule has 0 saturated heterocycles. The van der Waals surface area contributed by atoms with Gasteiger partial charge in [-0.15, -0.1) is 11.3 Å². The van der Waals surface area contributed by atoms with Crippen LogP contribution in [0.3, 0.4) is 0 Å². The lowest BCUT2D eigenvalue weighted by Gasteiger charge is -2.18. The molecule has 1 aromatic rings. The van der Waals surface area contributed by atoms with Crippen LogP contribution in [-0.4, -0.2) is 17.3 Å². The number of halogens is 1. The molecule has 0 aliphatic heterocycles. The highest BCUT2D eigenvalue weighted by molar-refractivity contribution is 9.09. The Morgan fingerprint density at radius 1 is 1.64 bits per heavy atom. The first-order valence-electron chi connectivity index (χ1n) is 4.55. The third-order valence-electron chi connectivity index (χ3n) is 2.20. The topological polar surface area (TPSA) is 29.1 Å². The van der Waals surface area contributed by atoms with E-state index in [1.165, 1.54) is 11.3 Å². The predicted octanol–water partition coefficient (Wildman–Crippen LogP) is 2.90. The van der Waals surface area contributed by atoms with Gasteiger partial charge in [0.2, 0.25) is 0 Å². The fourth-order valence-corrected chi connectivity index (χ4v) is 2.15. The Kier molecular flexibility index (Phi) is 4.62. The van der Waals surface area contributed by atoms with Gasteiger partial charge in [0.05, 0.1) is 4.88 Å². The highest BCUT2D eigenvalue weighted by Gasteiger charge is 2.14. The van der Waals surface area contributed by atoms with Crippen LogP contribution in [0.25, 0.3) is 0 Å². The average molecular weight is 276 g/mol. The van der Waals surface area contributed by atoms with Gasteiger partial charge < -0.3 is 5.32 Å². The molecule has 14 heavy (non-hydrogen) atoms. The average Bonchev–Trinajstić information content (AvgIpc) is 2.69. The number of carbonyl (C=O) groups excluding carboxylic acids is 1. The zero-order chi connectivity index (χ0) is 10.6. The summed E-state index contributed by atoms with van der Waals surface area (Å²) in [5, 5.41) is 5.79. The summed E-state index contributed by atoms with van der Waals surface area (Å²) in [4.78, 5) is 12.4. The number of thiophene rings is 1. The van der Waals surface area contributed by atoms with Crippen molar-refractivity contribution < 1.29 is 4.79 Å². The van der Waals surface area contributed by atoms with Gasteiger partial charge in [0.25, 0.3) is 5.91 Å². The zero-order valence-corrected chi connectivity index (χ0v) is 10.7. The summed E-state index contributed by atoms with van der Waals surface area (Å²) in [7, 11) is 0. The Morgan fingerprint density at radius 3 is 2.86 bits per heavy atom. The van der Waals surface area contributed by atoms with Gasteiger partial charge in [-0.2, -0.15) is 0 Å². The van der Waals surface area contributed by atoms with Gasteiger partial charge in [-0.25, -0.2) is 0 Å². The fraction of sp³-hybridized carbons (Fsp3) is 0.500. The van der Waals surface area contributed by atoms with Gasteiger partial charge in [0.15, 0.2) is 0 Å². The Morgan fingerprint density at radius 2 is 2.36 bits per heavy atom. The molecule has 1 amide bonds. The maximum Gasteiger partial charge on any atom is 0.261 e. The van der Waals surface area contributed by atoms with Gasteiger partial charge in [0, 0.05) is 11.4 Å². The molecule has 0 spiro atoms. The molecule has 1 aromatic heterocycles. The van der Waals surface area contributed by atoms with Crippen LogP contribution in [0.15, 0.2) is 17.5 Å². The van der Waals surface area contributed by atoms with E-state index in [9.17, 15) is 4.79 Å². The summed E-state index contributed by atoms with van der Waals surface area (Å²) in [6, 6.07) is 3.92. The quantitative estimate of drug-likeness (QED) is 0.842. The second kappa shape index (κ2) is 5.51. The molecule has 2 unspecified atom stereocenters. The SMILES string of the molecule is CC(CBr)C(C)NC(=O)c1cccs1. The van der Waals surface area contributed by atoms with Crippen LogP contribution in [0.5, 0.6) is 0 Å². The van der Waals surface area contributed by atoms with Gasteiger partial charge in [-0.05, 0) is 24.3 Å². The molecule has 0 bridgehead atoms. The van der Waals surface area contributed by atoms with Crippen molar-refractivity contribution in [2.75, 3.05) is 5.33 Å². The van der Waals surface area contributed by atoms with E-state index in [-0.39, 0.29) is 11.9 Å². The summed E-state index contributed by atoms with van der Waals surface area (Å²) in [6.07, 6.45) is 0. The minimum absolute atomic E-state index is 0.0281. The molecule has 1 heterocycles. The van der Waals surface area contributed by atoms with Crippen molar-refractivity contribution >= 4 is 33.2 Å². The van der Waals surface area contributed by atoms with Crippen LogP contribution < -0.4 is 5.32 Å². The Balaban J connectivity index is 2.49. The van der Waals surface area contributed by atoms with Crippen LogP contribution in [-0.2, 0) is 0 Å². The van der Waals surface area contributed by atoms with E-state index in [2.05, 4.69) is 28.2 Å². The third kappa shape index (κ3) is 3.10. The van der Waals surface area contributed by atoms with E-state index in [1.807, 2.05) is 24.4 Å². The summed E-state index contributed by atoms with van der Waals surface area (Å²) in [6.45, 7) is 4.13. The van der Waals surface area contributed by atoms with Gasteiger partial charge >= 0.3 is 0 Å². The minimum Gasteiger partial charge on any atom is -0.349 e. The van der Waals surface area contributed by atoms with E-state index >= 15 is 0 Å². The molecular formula is C10H14BrNOS. The monoisotopic (exact) mass is 275 g/mol. The maximum absolute atomic E-state index is 11.6. The third-order valence-corrected chi connectivity index (χ3v) is 4.09. The van der Waals surface area contributed by atoms with E-state index in [1.54, 1.807) is 0 Å². The number of hydrogen-bond donors (Lipinski definition) is 1. The standard InChI is InChI=1S/C10H14BrNOS/c1-7(6-11)8(2)12-10(13)9-4-3-5-14-9/h3-5,7-8H,6H2,1-2H3,(H,12,13). The fourth-order valence-electron chi connectivity index (χ4n) is 0.962.